The highest BCUT2D eigenvalue weighted by molar-refractivity contribution is 6.30. The average molecular weight is 309 g/mol. The Hall–Kier alpha value is -1.92. The number of nitro groups is 1. The summed E-state index contributed by atoms with van der Waals surface area (Å²) >= 11 is 5.78. The fourth-order valence-corrected chi connectivity index (χ4v) is 2.21. The number of unbranched alkanes of at least 4 members (excludes halogenated alkanes) is 1. The molecule has 0 unspecified atom stereocenters. The zero-order valence-corrected chi connectivity index (χ0v) is 12.3. The van der Waals surface area contributed by atoms with Gasteiger partial charge in [-0.1, -0.05) is 11.6 Å². The number of aromatic nitrogens is 2. The predicted octanol–water partition coefficient (Wildman–Crippen LogP) is 3.01. The number of nitro benzene ring substituents is 1. The number of hydrogen-bond donors (Lipinski definition) is 1. The Morgan fingerprint density at radius 1 is 1.38 bits per heavy atom. The second kappa shape index (κ2) is 7.75. The number of aryl methyl sites for hydroxylation is 1. The number of benzene rings is 1. The molecular formula is C14H17ClN4O2. The molecule has 1 aromatic carbocycles. The summed E-state index contributed by atoms with van der Waals surface area (Å²) in [6, 6.07) is 4.75. The number of rotatable bonds is 8. The summed E-state index contributed by atoms with van der Waals surface area (Å²) in [5.41, 5.74) is 0.715. The van der Waals surface area contributed by atoms with E-state index in [9.17, 15) is 10.1 Å². The fourth-order valence-electron chi connectivity index (χ4n) is 2.04. The Morgan fingerprint density at radius 3 is 2.95 bits per heavy atom. The Kier molecular flexibility index (Phi) is 5.71. The highest BCUT2D eigenvalue weighted by Crippen LogP contribution is 2.22. The maximum Gasteiger partial charge on any atom is 0.275 e. The molecular weight excluding hydrogens is 292 g/mol. The lowest BCUT2D eigenvalue weighted by molar-refractivity contribution is -0.385. The normalized spacial score (nSPS) is 10.7. The minimum Gasteiger partial charge on any atom is -0.337 e. The van der Waals surface area contributed by atoms with Crippen LogP contribution in [0.4, 0.5) is 5.69 Å². The summed E-state index contributed by atoms with van der Waals surface area (Å²) in [7, 11) is 0. The van der Waals surface area contributed by atoms with E-state index in [1.165, 1.54) is 6.07 Å². The molecule has 0 bridgehead atoms. The molecule has 6 nitrogen and oxygen atoms in total. The molecule has 0 radical (unpaired) electrons. The van der Waals surface area contributed by atoms with E-state index in [2.05, 4.69) is 10.3 Å². The monoisotopic (exact) mass is 308 g/mol. The van der Waals surface area contributed by atoms with Gasteiger partial charge in [-0.2, -0.15) is 0 Å². The van der Waals surface area contributed by atoms with Crippen molar-refractivity contribution in [2.24, 2.45) is 0 Å². The third kappa shape index (κ3) is 4.84. The van der Waals surface area contributed by atoms with Crippen LogP contribution in [0.5, 0.6) is 0 Å². The van der Waals surface area contributed by atoms with Gasteiger partial charge in [-0.15, -0.1) is 0 Å². The smallest absolute Gasteiger partial charge is 0.275 e. The highest BCUT2D eigenvalue weighted by Gasteiger charge is 2.13. The SMILES string of the molecule is O=[N+]([O-])c1cc(Cl)ccc1CNCCCCn1ccnc1. The van der Waals surface area contributed by atoms with Crippen LogP contribution in [0.1, 0.15) is 18.4 Å². The largest absolute Gasteiger partial charge is 0.337 e. The van der Waals surface area contributed by atoms with Gasteiger partial charge in [0.2, 0.25) is 0 Å². The van der Waals surface area contributed by atoms with Gasteiger partial charge in [0.05, 0.1) is 11.3 Å². The average Bonchev–Trinajstić information content (AvgIpc) is 2.97. The first-order valence-electron chi connectivity index (χ1n) is 6.76. The van der Waals surface area contributed by atoms with E-state index in [1.807, 2.05) is 10.8 Å². The van der Waals surface area contributed by atoms with Crippen LogP contribution in [0.3, 0.4) is 0 Å². The van der Waals surface area contributed by atoms with E-state index in [1.54, 1.807) is 24.7 Å². The van der Waals surface area contributed by atoms with Crippen LogP contribution in [0.25, 0.3) is 0 Å². The number of halogens is 1. The van der Waals surface area contributed by atoms with Crippen molar-refractivity contribution < 1.29 is 4.92 Å². The highest BCUT2D eigenvalue weighted by atomic mass is 35.5. The number of imidazole rings is 1. The molecule has 2 aromatic rings. The maximum atomic E-state index is 11.0. The third-order valence-corrected chi connectivity index (χ3v) is 3.37. The van der Waals surface area contributed by atoms with Crippen molar-refractivity contribution >= 4 is 17.3 Å². The molecule has 0 aliphatic carbocycles. The lowest BCUT2D eigenvalue weighted by Crippen LogP contribution is -2.16. The van der Waals surface area contributed by atoms with Gasteiger partial charge in [-0.05, 0) is 31.5 Å². The number of hydrogen-bond acceptors (Lipinski definition) is 4. The summed E-state index contributed by atoms with van der Waals surface area (Å²) in [6.45, 7) is 2.22. The summed E-state index contributed by atoms with van der Waals surface area (Å²) in [5, 5.41) is 14.6. The molecule has 1 heterocycles. The van der Waals surface area contributed by atoms with Gasteiger partial charge in [0.1, 0.15) is 0 Å². The maximum absolute atomic E-state index is 11.0. The molecule has 0 atom stereocenters. The minimum atomic E-state index is -0.401. The van der Waals surface area contributed by atoms with Crippen LogP contribution in [-0.4, -0.2) is 21.0 Å². The van der Waals surface area contributed by atoms with Crippen LogP contribution < -0.4 is 5.32 Å². The van der Waals surface area contributed by atoms with Crippen LogP contribution >= 0.6 is 11.6 Å². The van der Waals surface area contributed by atoms with Crippen LogP contribution in [0, 0.1) is 10.1 Å². The van der Waals surface area contributed by atoms with Gasteiger partial charge < -0.3 is 9.88 Å². The summed E-state index contributed by atoms with van der Waals surface area (Å²) in [5.74, 6) is 0. The predicted molar refractivity (Wildman–Crippen MR) is 81.3 cm³/mol. The number of nitrogens with zero attached hydrogens (tertiary/aromatic N) is 3. The van der Waals surface area contributed by atoms with Crippen LogP contribution in [0.15, 0.2) is 36.9 Å². The molecule has 0 amide bonds. The van der Waals surface area contributed by atoms with Crippen molar-refractivity contribution in [1.29, 1.82) is 0 Å². The molecule has 1 N–H and O–H groups in total. The molecule has 0 aliphatic heterocycles. The second-order valence-electron chi connectivity index (χ2n) is 4.71. The van der Waals surface area contributed by atoms with Crippen LogP contribution in [-0.2, 0) is 13.1 Å². The zero-order chi connectivity index (χ0) is 15.1. The van der Waals surface area contributed by atoms with Crippen molar-refractivity contribution in [1.82, 2.24) is 14.9 Å². The van der Waals surface area contributed by atoms with E-state index in [0.717, 1.165) is 25.9 Å². The molecule has 7 heteroatoms. The molecule has 0 spiro atoms. The topological polar surface area (TPSA) is 73.0 Å². The van der Waals surface area contributed by atoms with Gasteiger partial charge in [0, 0.05) is 42.1 Å². The van der Waals surface area contributed by atoms with E-state index in [0.29, 0.717) is 17.1 Å². The van der Waals surface area contributed by atoms with Crippen molar-refractivity contribution in [3.05, 3.63) is 57.6 Å². The van der Waals surface area contributed by atoms with Crippen molar-refractivity contribution in [2.45, 2.75) is 25.9 Å². The van der Waals surface area contributed by atoms with E-state index < -0.39 is 4.92 Å². The summed E-state index contributed by atoms with van der Waals surface area (Å²) in [6.07, 6.45) is 7.53. The Balaban J connectivity index is 1.72. The quantitative estimate of drug-likeness (QED) is 0.462. The molecule has 0 saturated carbocycles. The van der Waals surface area contributed by atoms with Crippen molar-refractivity contribution in [3.8, 4) is 0 Å². The molecule has 2 rings (SSSR count). The fraction of sp³-hybridized carbons (Fsp3) is 0.357. The van der Waals surface area contributed by atoms with Gasteiger partial charge in [0.25, 0.3) is 5.69 Å². The first kappa shape index (κ1) is 15.5. The number of nitrogens with one attached hydrogen (secondary N) is 1. The van der Waals surface area contributed by atoms with Gasteiger partial charge in [-0.3, -0.25) is 10.1 Å². The minimum absolute atomic E-state index is 0.0633. The van der Waals surface area contributed by atoms with E-state index in [4.69, 9.17) is 11.6 Å². The summed E-state index contributed by atoms with van der Waals surface area (Å²) in [4.78, 5) is 14.5. The molecule has 0 saturated heterocycles. The Morgan fingerprint density at radius 2 is 2.24 bits per heavy atom. The van der Waals surface area contributed by atoms with E-state index >= 15 is 0 Å². The lowest BCUT2D eigenvalue weighted by Gasteiger charge is -2.06. The van der Waals surface area contributed by atoms with Crippen molar-refractivity contribution in [3.63, 3.8) is 0 Å². The molecule has 0 fully saturated rings. The Bertz CT molecular complexity index is 587. The Labute approximate surface area is 127 Å². The first-order chi connectivity index (χ1) is 10.2. The standard InChI is InChI=1S/C14H17ClN4O2/c15-13-4-3-12(14(9-13)19(20)21)10-16-5-1-2-7-18-8-6-17-11-18/h3-4,6,8-9,11,16H,1-2,5,7,10H2. The molecule has 112 valence electrons. The molecule has 21 heavy (non-hydrogen) atoms. The van der Waals surface area contributed by atoms with Crippen LogP contribution in [0.2, 0.25) is 5.02 Å². The molecule has 0 aliphatic rings. The lowest BCUT2D eigenvalue weighted by atomic mass is 10.2. The molecule has 1 aromatic heterocycles. The zero-order valence-electron chi connectivity index (χ0n) is 11.5. The van der Waals surface area contributed by atoms with Gasteiger partial charge >= 0.3 is 0 Å². The van der Waals surface area contributed by atoms with Crippen molar-refractivity contribution in [2.75, 3.05) is 6.54 Å². The van der Waals surface area contributed by atoms with Gasteiger partial charge in [0.15, 0.2) is 0 Å². The third-order valence-electron chi connectivity index (χ3n) is 3.14. The van der Waals surface area contributed by atoms with Gasteiger partial charge in [-0.25, -0.2) is 4.98 Å². The first-order valence-corrected chi connectivity index (χ1v) is 7.14. The summed E-state index contributed by atoms with van der Waals surface area (Å²) < 4.78 is 2.03. The van der Waals surface area contributed by atoms with E-state index in [-0.39, 0.29) is 5.69 Å². The second-order valence-corrected chi connectivity index (χ2v) is 5.15.